The minimum atomic E-state index is -0.356. The molecule has 0 saturated carbocycles. The van der Waals surface area contributed by atoms with Crippen molar-refractivity contribution in [2.75, 3.05) is 12.0 Å². The minimum absolute atomic E-state index is 0.131. The molecule has 1 aromatic carbocycles. The van der Waals surface area contributed by atoms with Gasteiger partial charge in [-0.2, -0.15) is 5.10 Å². The van der Waals surface area contributed by atoms with Gasteiger partial charge in [-0.3, -0.25) is 10.2 Å². The van der Waals surface area contributed by atoms with E-state index in [4.69, 9.17) is 4.74 Å². The maximum Gasteiger partial charge on any atom is 0.311 e. The Bertz CT molecular complexity index is 737. The van der Waals surface area contributed by atoms with Crippen molar-refractivity contribution in [1.29, 1.82) is 0 Å². The predicted molar refractivity (Wildman–Crippen MR) is 95.5 cm³/mol. The van der Waals surface area contributed by atoms with E-state index in [0.29, 0.717) is 31.9 Å². The molecule has 0 saturated heterocycles. The van der Waals surface area contributed by atoms with Crippen LogP contribution in [0.4, 0.5) is 9.52 Å². The molecule has 9 heteroatoms. The van der Waals surface area contributed by atoms with Gasteiger partial charge in [0, 0.05) is 15.4 Å². The Labute approximate surface area is 153 Å². The van der Waals surface area contributed by atoms with Crippen molar-refractivity contribution in [2.45, 2.75) is 13.3 Å². The fraction of sp³-hybridized carbons (Fsp3) is 0.214. The standard InChI is InChI=1S/C14H12Br2FN3O2S/c1-2-22-13(21)4-9-7-23-14(19-9)20-18-6-8-3-11(16)12(17)5-10(8)15/h3,5-7H,2,4H2,1H3,(H,19,20). The Morgan fingerprint density at radius 1 is 1.48 bits per heavy atom. The molecule has 1 heterocycles. The zero-order valence-electron chi connectivity index (χ0n) is 12.0. The number of esters is 1. The van der Waals surface area contributed by atoms with E-state index < -0.39 is 0 Å². The molecule has 0 fully saturated rings. The normalized spacial score (nSPS) is 11.0. The number of anilines is 1. The topological polar surface area (TPSA) is 63.6 Å². The first-order valence-electron chi connectivity index (χ1n) is 6.53. The summed E-state index contributed by atoms with van der Waals surface area (Å²) in [5.41, 5.74) is 4.10. The summed E-state index contributed by atoms with van der Waals surface area (Å²) in [6.07, 6.45) is 1.67. The maximum atomic E-state index is 13.3. The van der Waals surface area contributed by atoms with Crippen molar-refractivity contribution in [1.82, 2.24) is 4.98 Å². The van der Waals surface area contributed by atoms with Crippen LogP contribution in [0.2, 0.25) is 0 Å². The Morgan fingerprint density at radius 3 is 3.00 bits per heavy atom. The fourth-order valence-corrected chi connectivity index (χ4v) is 3.03. The van der Waals surface area contributed by atoms with Crippen LogP contribution in [0.5, 0.6) is 0 Å². The van der Waals surface area contributed by atoms with Crippen LogP contribution in [0.25, 0.3) is 0 Å². The molecular formula is C14H12Br2FN3O2S. The van der Waals surface area contributed by atoms with Gasteiger partial charge in [-0.05, 0) is 35.0 Å². The number of carbonyl (C=O) groups is 1. The van der Waals surface area contributed by atoms with Crippen LogP contribution in [0.15, 0.2) is 31.6 Å². The first kappa shape index (κ1) is 18.0. The molecule has 0 unspecified atom stereocenters. The molecule has 122 valence electrons. The summed E-state index contributed by atoms with van der Waals surface area (Å²) < 4.78 is 19.1. The van der Waals surface area contributed by atoms with E-state index in [1.54, 1.807) is 24.6 Å². The van der Waals surface area contributed by atoms with Gasteiger partial charge in [0.2, 0.25) is 5.13 Å². The third-order valence-electron chi connectivity index (χ3n) is 2.59. The second-order valence-electron chi connectivity index (χ2n) is 4.28. The van der Waals surface area contributed by atoms with Gasteiger partial charge in [0.1, 0.15) is 5.82 Å². The lowest BCUT2D eigenvalue weighted by molar-refractivity contribution is -0.142. The third kappa shape index (κ3) is 5.36. The average molecular weight is 465 g/mol. The highest BCUT2D eigenvalue weighted by molar-refractivity contribution is 9.11. The number of ether oxygens (including phenoxy) is 1. The van der Waals surface area contributed by atoms with E-state index >= 15 is 0 Å². The van der Waals surface area contributed by atoms with Gasteiger partial charge in [0.05, 0.1) is 29.4 Å². The number of carbonyl (C=O) groups excluding carboxylic acids is 1. The molecule has 2 rings (SSSR count). The maximum absolute atomic E-state index is 13.3. The number of rotatable bonds is 6. The van der Waals surface area contributed by atoms with Crippen molar-refractivity contribution < 1.29 is 13.9 Å². The van der Waals surface area contributed by atoms with E-state index in [-0.39, 0.29) is 18.2 Å². The van der Waals surface area contributed by atoms with Crippen molar-refractivity contribution >= 4 is 60.5 Å². The number of aromatic nitrogens is 1. The zero-order valence-corrected chi connectivity index (χ0v) is 16.0. The van der Waals surface area contributed by atoms with Gasteiger partial charge in [0.15, 0.2) is 0 Å². The largest absolute Gasteiger partial charge is 0.466 e. The van der Waals surface area contributed by atoms with Gasteiger partial charge < -0.3 is 4.74 Å². The molecule has 0 bridgehead atoms. The number of hydrogen-bond acceptors (Lipinski definition) is 6. The summed E-state index contributed by atoms with van der Waals surface area (Å²) in [7, 11) is 0. The molecule has 0 aliphatic rings. The van der Waals surface area contributed by atoms with E-state index in [1.807, 2.05) is 0 Å². The van der Waals surface area contributed by atoms with Gasteiger partial charge in [-0.15, -0.1) is 11.3 Å². The van der Waals surface area contributed by atoms with E-state index in [0.717, 1.165) is 0 Å². The molecule has 1 N–H and O–H groups in total. The van der Waals surface area contributed by atoms with Crippen LogP contribution >= 0.6 is 43.2 Å². The lowest BCUT2D eigenvalue weighted by atomic mass is 10.2. The van der Waals surface area contributed by atoms with Crippen LogP contribution in [0.1, 0.15) is 18.2 Å². The molecular weight excluding hydrogens is 453 g/mol. The lowest BCUT2D eigenvalue weighted by Crippen LogP contribution is -2.07. The average Bonchev–Trinajstić information content (AvgIpc) is 2.92. The lowest BCUT2D eigenvalue weighted by Gasteiger charge is -2.01. The van der Waals surface area contributed by atoms with Crippen LogP contribution in [-0.4, -0.2) is 23.8 Å². The highest BCUT2D eigenvalue weighted by atomic mass is 79.9. The highest BCUT2D eigenvalue weighted by Crippen LogP contribution is 2.24. The SMILES string of the molecule is CCOC(=O)Cc1csc(NN=Cc2cc(Br)c(F)cc2Br)n1. The second kappa shape index (κ2) is 8.51. The fourth-order valence-electron chi connectivity index (χ4n) is 1.59. The summed E-state index contributed by atoms with van der Waals surface area (Å²) in [4.78, 5) is 15.6. The van der Waals surface area contributed by atoms with Gasteiger partial charge in [-0.1, -0.05) is 15.9 Å². The summed E-state index contributed by atoms with van der Waals surface area (Å²) in [5, 5.41) is 6.37. The van der Waals surface area contributed by atoms with Gasteiger partial charge in [-0.25, -0.2) is 9.37 Å². The minimum Gasteiger partial charge on any atom is -0.466 e. The van der Waals surface area contributed by atoms with Crippen LogP contribution in [0.3, 0.4) is 0 Å². The van der Waals surface area contributed by atoms with Crippen LogP contribution in [-0.2, 0) is 16.0 Å². The molecule has 2 aromatic rings. The molecule has 0 aliphatic heterocycles. The first-order chi connectivity index (χ1) is 11.0. The van der Waals surface area contributed by atoms with Crippen molar-refractivity contribution in [2.24, 2.45) is 5.10 Å². The summed E-state index contributed by atoms with van der Waals surface area (Å²) in [5.74, 6) is -0.668. The number of halogens is 3. The molecule has 0 aliphatic carbocycles. The van der Waals surface area contributed by atoms with Crippen LogP contribution < -0.4 is 5.43 Å². The predicted octanol–water partition coefficient (Wildman–Crippen LogP) is 4.36. The summed E-state index contributed by atoms with van der Waals surface area (Å²) in [6, 6.07) is 2.96. The van der Waals surface area contributed by atoms with Crippen molar-refractivity contribution in [3.63, 3.8) is 0 Å². The number of nitrogens with one attached hydrogen (secondary N) is 1. The van der Waals surface area contributed by atoms with Gasteiger partial charge in [0.25, 0.3) is 0 Å². The number of benzene rings is 1. The molecule has 0 spiro atoms. The summed E-state index contributed by atoms with van der Waals surface area (Å²) >= 11 is 7.72. The Hall–Kier alpha value is -1.32. The molecule has 0 atom stereocenters. The zero-order chi connectivity index (χ0) is 16.8. The monoisotopic (exact) mass is 463 g/mol. The Morgan fingerprint density at radius 2 is 2.26 bits per heavy atom. The smallest absolute Gasteiger partial charge is 0.311 e. The molecule has 0 radical (unpaired) electrons. The Kier molecular flexibility index (Phi) is 6.67. The molecule has 0 amide bonds. The van der Waals surface area contributed by atoms with Crippen molar-refractivity contribution in [3.05, 3.63) is 43.5 Å². The quantitative estimate of drug-likeness (QED) is 0.298. The highest BCUT2D eigenvalue weighted by Gasteiger charge is 2.08. The van der Waals surface area contributed by atoms with Gasteiger partial charge >= 0.3 is 5.97 Å². The molecule has 1 aromatic heterocycles. The third-order valence-corrected chi connectivity index (χ3v) is 4.68. The second-order valence-corrected chi connectivity index (χ2v) is 6.85. The first-order valence-corrected chi connectivity index (χ1v) is 8.99. The van der Waals surface area contributed by atoms with E-state index in [2.05, 4.69) is 47.4 Å². The molecule has 23 heavy (non-hydrogen) atoms. The molecule has 5 nitrogen and oxygen atoms in total. The number of hydrazone groups is 1. The summed E-state index contributed by atoms with van der Waals surface area (Å²) in [6.45, 7) is 2.10. The Balaban J connectivity index is 1.97. The number of hydrogen-bond donors (Lipinski definition) is 1. The number of nitrogens with zero attached hydrogens (tertiary/aromatic N) is 2. The van der Waals surface area contributed by atoms with E-state index in [1.165, 1.54) is 17.4 Å². The number of thiazole rings is 1. The van der Waals surface area contributed by atoms with Crippen molar-refractivity contribution in [3.8, 4) is 0 Å². The van der Waals surface area contributed by atoms with E-state index in [9.17, 15) is 9.18 Å². The van der Waals surface area contributed by atoms with Crippen LogP contribution in [0, 0.1) is 5.82 Å².